The maximum Gasteiger partial charge on any atom is 0.281 e. The average molecular weight is 444 g/mol. The number of ether oxygens (including phenoxy) is 1. The Morgan fingerprint density at radius 3 is 1.97 bits per heavy atom. The van der Waals surface area contributed by atoms with Crippen LogP contribution in [0.4, 0.5) is 5.69 Å². The summed E-state index contributed by atoms with van der Waals surface area (Å²) in [6.45, 7) is 5.20. The molecule has 0 saturated carbocycles. The van der Waals surface area contributed by atoms with Gasteiger partial charge >= 0.3 is 0 Å². The predicted molar refractivity (Wildman–Crippen MR) is 119 cm³/mol. The third kappa shape index (κ3) is 4.50. The van der Waals surface area contributed by atoms with Gasteiger partial charge in [0.2, 0.25) is 0 Å². The first-order valence-electron chi connectivity index (χ1n) is 9.34. The van der Waals surface area contributed by atoms with Crippen molar-refractivity contribution in [1.82, 2.24) is 0 Å². The topological polar surface area (TPSA) is 63.7 Å². The summed E-state index contributed by atoms with van der Waals surface area (Å²) in [5, 5.41) is 0.624. The van der Waals surface area contributed by atoms with Crippen LogP contribution in [0.15, 0.2) is 77.7 Å². The Morgan fingerprint density at radius 2 is 1.43 bits per heavy atom. The number of hydrogen-bond donors (Lipinski definition) is 0. The average Bonchev–Trinajstić information content (AvgIpc) is 2.73. The van der Waals surface area contributed by atoms with Gasteiger partial charge in [0.15, 0.2) is 6.10 Å². The second kappa shape index (κ2) is 8.90. The normalized spacial score (nSPS) is 12.3. The molecule has 0 spiro atoms. The number of nitrogens with zero attached hydrogens (tertiary/aromatic N) is 1. The zero-order valence-electron chi connectivity index (χ0n) is 16.9. The molecule has 0 heterocycles. The summed E-state index contributed by atoms with van der Waals surface area (Å²) in [5.41, 5.74) is 1.86. The van der Waals surface area contributed by atoms with Crippen LogP contribution in [0.5, 0.6) is 5.75 Å². The number of halogens is 1. The van der Waals surface area contributed by atoms with Crippen molar-refractivity contribution in [3.63, 3.8) is 0 Å². The molecule has 0 N–H and O–H groups in total. The summed E-state index contributed by atoms with van der Waals surface area (Å²) in [6, 6.07) is 19.5. The second-order valence-electron chi connectivity index (χ2n) is 6.89. The molecule has 0 aliphatic carbocycles. The van der Waals surface area contributed by atoms with Crippen LogP contribution in [-0.4, -0.2) is 20.4 Å². The lowest BCUT2D eigenvalue weighted by molar-refractivity contribution is -0.123. The lowest BCUT2D eigenvalue weighted by atomic mass is 10.1. The smallest absolute Gasteiger partial charge is 0.281 e. The highest BCUT2D eigenvalue weighted by Crippen LogP contribution is 2.28. The van der Waals surface area contributed by atoms with Crippen LogP contribution >= 0.6 is 11.6 Å². The van der Waals surface area contributed by atoms with Gasteiger partial charge in [0.05, 0.1) is 10.6 Å². The minimum absolute atomic E-state index is 0.0209. The number of carbonyl (C=O) groups excluding carboxylic acids is 1. The van der Waals surface area contributed by atoms with Gasteiger partial charge in [-0.1, -0.05) is 48.0 Å². The number of para-hydroxylation sites is 1. The first-order valence-corrected chi connectivity index (χ1v) is 11.2. The highest BCUT2D eigenvalue weighted by atomic mass is 35.5. The van der Waals surface area contributed by atoms with Gasteiger partial charge in [-0.3, -0.25) is 4.79 Å². The number of sulfonamides is 1. The van der Waals surface area contributed by atoms with Crippen molar-refractivity contribution in [2.24, 2.45) is 0 Å². The molecule has 156 valence electrons. The Balaban J connectivity index is 1.99. The van der Waals surface area contributed by atoms with Crippen molar-refractivity contribution in [3.8, 4) is 5.75 Å². The van der Waals surface area contributed by atoms with Crippen molar-refractivity contribution in [3.05, 3.63) is 88.9 Å². The van der Waals surface area contributed by atoms with E-state index < -0.39 is 22.0 Å². The van der Waals surface area contributed by atoms with Gasteiger partial charge in [-0.2, -0.15) is 4.31 Å². The third-order valence-electron chi connectivity index (χ3n) is 4.54. The maximum atomic E-state index is 13.3. The van der Waals surface area contributed by atoms with Crippen LogP contribution in [-0.2, 0) is 14.8 Å². The van der Waals surface area contributed by atoms with Crippen molar-refractivity contribution in [1.29, 1.82) is 0 Å². The number of carbonyl (C=O) groups is 1. The molecule has 0 bridgehead atoms. The molecule has 1 unspecified atom stereocenters. The number of rotatable bonds is 6. The lowest BCUT2D eigenvalue weighted by Gasteiger charge is -2.26. The van der Waals surface area contributed by atoms with Crippen LogP contribution in [0.2, 0.25) is 5.02 Å². The van der Waals surface area contributed by atoms with Gasteiger partial charge in [-0.15, -0.1) is 0 Å². The van der Waals surface area contributed by atoms with E-state index in [1.54, 1.807) is 60.7 Å². The van der Waals surface area contributed by atoms with Crippen LogP contribution in [0, 0.1) is 13.8 Å². The first kappa shape index (κ1) is 21.9. The second-order valence-corrected chi connectivity index (χ2v) is 9.05. The number of aryl methyl sites for hydroxylation is 2. The predicted octanol–water partition coefficient (Wildman–Crippen LogP) is 5.15. The van der Waals surface area contributed by atoms with Crippen molar-refractivity contribution in [2.45, 2.75) is 31.8 Å². The van der Waals surface area contributed by atoms with E-state index in [-0.39, 0.29) is 10.6 Å². The number of hydrogen-bond acceptors (Lipinski definition) is 4. The Hall–Kier alpha value is -2.83. The van der Waals surface area contributed by atoms with Crippen molar-refractivity contribution in [2.75, 3.05) is 4.31 Å². The molecule has 5 nitrogen and oxygen atoms in total. The van der Waals surface area contributed by atoms with E-state index in [1.807, 2.05) is 13.8 Å². The molecule has 30 heavy (non-hydrogen) atoms. The minimum atomic E-state index is -4.13. The van der Waals surface area contributed by atoms with E-state index in [9.17, 15) is 13.2 Å². The summed E-state index contributed by atoms with van der Waals surface area (Å²) in [6.07, 6.45) is -1.05. The molecule has 1 atom stereocenters. The van der Waals surface area contributed by atoms with Crippen LogP contribution in [0.1, 0.15) is 18.1 Å². The van der Waals surface area contributed by atoms with Gasteiger partial charge in [-0.25, -0.2) is 8.42 Å². The maximum absolute atomic E-state index is 13.3. The summed E-state index contributed by atoms with van der Waals surface area (Å²) in [5.74, 6) is -0.254. The number of anilines is 1. The first-order chi connectivity index (χ1) is 14.2. The SMILES string of the molecule is Cc1cc(OC(C)C(=O)N(c2ccccc2)S(=O)(=O)c2ccccc2)cc(C)c1Cl. The largest absolute Gasteiger partial charge is 0.481 e. The van der Waals surface area contributed by atoms with Crippen molar-refractivity contribution < 1.29 is 17.9 Å². The molecule has 0 radical (unpaired) electrons. The zero-order valence-corrected chi connectivity index (χ0v) is 18.4. The van der Waals surface area contributed by atoms with E-state index in [0.717, 1.165) is 15.4 Å². The molecule has 3 aromatic carbocycles. The highest BCUT2D eigenvalue weighted by Gasteiger charge is 2.34. The molecule has 0 aliphatic heterocycles. The standard InChI is InChI=1S/C23H22ClNO4S/c1-16-14-20(15-17(2)22(16)24)29-18(3)23(26)25(19-10-6-4-7-11-19)30(27,28)21-12-8-5-9-13-21/h4-15,18H,1-3H3. The summed E-state index contributed by atoms with van der Waals surface area (Å²) in [4.78, 5) is 13.3. The molecule has 1 amide bonds. The highest BCUT2D eigenvalue weighted by molar-refractivity contribution is 7.93. The molecule has 7 heteroatoms. The molecule has 0 aliphatic rings. The van der Waals surface area contributed by atoms with Gasteiger partial charge < -0.3 is 4.74 Å². The lowest BCUT2D eigenvalue weighted by Crippen LogP contribution is -2.44. The van der Waals surface area contributed by atoms with Gasteiger partial charge in [0, 0.05) is 5.02 Å². The van der Waals surface area contributed by atoms with Gasteiger partial charge in [-0.05, 0) is 68.3 Å². The molecule has 3 aromatic rings. The van der Waals surface area contributed by atoms with Crippen LogP contribution < -0.4 is 9.04 Å². The molecule has 0 saturated heterocycles. The summed E-state index contributed by atoms with van der Waals surface area (Å²) < 4.78 is 33.2. The fourth-order valence-corrected chi connectivity index (χ4v) is 4.65. The van der Waals surface area contributed by atoms with E-state index in [4.69, 9.17) is 16.3 Å². The monoisotopic (exact) mass is 443 g/mol. The third-order valence-corrected chi connectivity index (χ3v) is 6.88. The van der Waals surface area contributed by atoms with Gasteiger partial charge in [0.25, 0.3) is 15.9 Å². The van der Waals surface area contributed by atoms with Gasteiger partial charge in [0.1, 0.15) is 5.75 Å². The molecule has 0 fully saturated rings. The molecule has 3 rings (SSSR count). The number of amides is 1. The Kier molecular flexibility index (Phi) is 6.48. The molecular weight excluding hydrogens is 422 g/mol. The summed E-state index contributed by atoms with van der Waals surface area (Å²) >= 11 is 6.20. The van der Waals surface area contributed by atoms with E-state index >= 15 is 0 Å². The van der Waals surface area contributed by atoms with Crippen molar-refractivity contribution >= 4 is 33.2 Å². The van der Waals surface area contributed by atoms with E-state index in [2.05, 4.69) is 0 Å². The van der Waals surface area contributed by atoms with E-state index in [0.29, 0.717) is 10.8 Å². The van der Waals surface area contributed by atoms with E-state index in [1.165, 1.54) is 19.1 Å². The summed E-state index contributed by atoms with van der Waals surface area (Å²) in [7, 11) is -4.13. The van der Waals surface area contributed by atoms with Crippen LogP contribution in [0.3, 0.4) is 0 Å². The Labute approximate surface area is 181 Å². The quantitative estimate of drug-likeness (QED) is 0.528. The fraction of sp³-hybridized carbons (Fsp3) is 0.174. The zero-order chi connectivity index (χ0) is 21.9. The molecular formula is C23H22ClNO4S. The Bertz CT molecular complexity index is 1130. The Morgan fingerprint density at radius 1 is 0.933 bits per heavy atom. The van der Waals surface area contributed by atoms with Crippen LogP contribution in [0.25, 0.3) is 0 Å². The number of benzene rings is 3. The fourth-order valence-electron chi connectivity index (χ4n) is 3.04. The minimum Gasteiger partial charge on any atom is -0.481 e. The molecule has 0 aromatic heterocycles.